The third-order valence-electron chi connectivity index (χ3n) is 5.76. The second-order valence-electron chi connectivity index (χ2n) is 7.79. The Kier molecular flexibility index (Phi) is 7.37. The summed E-state index contributed by atoms with van der Waals surface area (Å²) in [6, 6.07) is 0.419. The van der Waals surface area contributed by atoms with Gasteiger partial charge in [0.1, 0.15) is 0 Å². The normalized spacial score (nSPS) is 30.5. The number of fused-ring (bicyclic) bond motifs is 1. The molecule has 6 nitrogen and oxygen atoms in total. The predicted octanol–water partition coefficient (Wildman–Crippen LogP) is 1.99. The van der Waals surface area contributed by atoms with Gasteiger partial charge in [-0.1, -0.05) is 13.8 Å². The summed E-state index contributed by atoms with van der Waals surface area (Å²) in [6.07, 6.45) is 4.18. The lowest BCUT2D eigenvalue weighted by atomic mass is 9.57. The fraction of sp³-hybridized carbons (Fsp3) is 0.889. The van der Waals surface area contributed by atoms with E-state index in [4.69, 9.17) is 9.73 Å². The number of hydrogen-bond donors (Lipinski definition) is 2. The van der Waals surface area contributed by atoms with Crippen LogP contribution in [0.25, 0.3) is 0 Å². The van der Waals surface area contributed by atoms with Crippen molar-refractivity contribution >= 4 is 35.8 Å². The molecule has 0 bridgehead atoms. The molecule has 2 N–H and O–H groups in total. The van der Waals surface area contributed by atoms with Crippen LogP contribution in [-0.4, -0.2) is 61.7 Å². The highest BCUT2D eigenvalue weighted by Crippen LogP contribution is 2.52. The quantitative estimate of drug-likeness (QED) is 0.273. The average molecular weight is 464 g/mol. The Bertz CT molecular complexity index is 497. The number of nitrogens with one attached hydrogen (secondary N) is 2. The Morgan fingerprint density at radius 1 is 1.44 bits per heavy atom. The van der Waals surface area contributed by atoms with Gasteiger partial charge in [0.2, 0.25) is 5.91 Å². The molecule has 0 radical (unpaired) electrons. The smallest absolute Gasteiger partial charge is 0.222 e. The van der Waals surface area contributed by atoms with Crippen molar-refractivity contribution in [2.24, 2.45) is 16.3 Å². The first-order chi connectivity index (χ1) is 11.5. The highest BCUT2D eigenvalue weighted by Gasteiger charge is 2.59. The predicted molar refractivity (Wildman–Crippen MR) is 110 cm³/mol. The molecule has 3 atom stereocenters. The van der Waals surface area contributed by atoms with Crippen LogP contribution < -0.4 is 10.6 Å². The number of hydrogen-bond acceptors (Lipinski definition) is 3. The lowest BCUT2D eigenvalue weighted by Gasteiger charge is -2.54. The van der Waals surface area contributed by atoms with E-state index >= 15 is 0 Å². The van der Waals surface area contributed by atoms with Crippen molar-refractivity contribution in [3.8, 4) is 0 Å². The minimum Gasteiger partial charge on any atom is -0.377 e. The fourth-order valence-corrected chi connectivity index (χ4v) is 4.48. The minimum absolute atomic E-state index is 0. The van der Waals surface area contributed by atoms with Gasteiger partial charge in [-0.05, 0) is 26.2 Å². The SMILES string of the molecule is CCNC(=NCCCN1CCCC1=O)NC1C2CCOC2C1(C)C.I. The molecule has 1 amide bonds. The fourth-order valence-electron chi connectivity index (χ4n) is 4.48. The molecule has 0 aromatic carbocycles. The van der Waals surface area contributed by atoms with Crippen molar-refractivity contribution in [1.29, 1.82) is 0 Å². The van der Waals surface area contributed by atoms with Gasteiger partial charge in [0, 0.05) is 56.6 Å². The van der Waals surface area contributed by atoms with Crippen LogP contribution in [0.1, 0.15) is 46.5 Å². The lowest BCUT2D eigenvalue weighted by molar-refractivity contribution is -0.127. The first-order valence-corrected chi connectivity index (χ1v) is 9.48. The van der Waals surface area contributed by atoms with Gasteiger partial charge in [-0.25, -0.2) is 0 Å². The number of rotatable bonds is 6. The van der Waals surface area contributed by atoms with Gasteiger partial charge in [0.15, 0.2) is 5.96 Å². The third-order valence-corrected chi connectivity index (χ3v) is 5.76. The molecule has 1 saturated carbocycles. The molecule has 0 spiro atoms. The number of guanidine groups is 1. The van der Waals surface area contributed by atoms with Crippen LogP contribution in [0.4, 0.5) is 0 Å². The molecular formula is C18H33IN4O2. The largest absolute Gasteiger partial charge is 0.377 e. The van der Waals surface area contributed by atoms with Crippen LogP contribution in [0.2, 0.25) is 0 Å². The van der Waals surface area contributed by atoms with Crippen LogP contribution >= 0.6 is 24.0 Å². The molecule has 1 aliphatic carbocycles. The molecule has 0 aromatic rings. The Morgan fingerprint density at radius 3 is 2.92 bits per heavy atom. The van der Waals surface area contributed by atoms with Gasteiger partial charge < -0.3 is 20.3 Å². The molecule has 0 aromatic heterocycles. The first-order valence-electron chi connectivity index (χ1n) is 9.48. The number of ether oxygens (including phenoxy) is 1. The second kappa shape index (κ2) is 8.88. The van der Waals surface area contributed by atoms with E-state index in [1.165, 1.54) is 0 Å². The summed E-state index contributed by atoms with van der Waals surface area (Å²) in [7, 11) is 0. The highest BCUT2D eigenvalue weighted by atomic mass is 127. The molecule has 2 aliphatic heterocycles. The zero-order chi connectivity index (χ0) is 17.2. The Labute approximate surface area is 168 Å². The molecule has 7 heteroatoms. The van der Waals surface area contributed by atoms with Gasteiger partial charge in [-0.15, -0.1) is 24.0 Å². The van der Waals surface area contributed by atoms with E-state index in [1.807, 2.05) is 4.90 Å². The maximum absolute atomic E-state index is 11.6. The van der Waals surface area contributed by atoms with Gasteiger partial charge >= 0.3 is 0 Å². The summed E-state index contributed by atoms with van der Waals surface area (Å²) >= 11 is 0. The zero-order valence-electron chi connectivity index (χ0n) is 15.7. The summed E-state index contributed by atoms with van der Waals surface area (Å²) in [5.41, 5.74) is 0.152. The summed E-state index contributed by atoms with van der Waals surface area (Å²) in [5, 5.41) is 6.99. The summed E-state index contributed by atoms with van der Waals surface area (Å²) < 4.78 is 5.87. The standard InChI is InChI=1S/C18H32N4O2.HI/c1-4-19-17(20-9-6-11-22-10-5-7-14(22)23)21-15-13-8-12-24-16(13)18(15,2)3;/h13,15-16H,4-12H2,1-3H3,(H2,19,20,21);1H. The number of carbonyl (C=O) groups excluding carboxylic acids is 1. The maximum atomic E-state index is 11.6. The Morgan fingerprint density at radius 2 is 2.24 bits per heavy atom. The molecule has 2 heterocycles. The minimum atomic E-state index is 0. The van der Waals surface area contributed by atoms with Crippen molar-refractivity contribution in [1.82, 2.24) is 15.5 Å². The van der Waals surface area contributed by atoms with Gasteiger partial charge in [0.05, 0.1) is 6.10 Å². The van der Waals surface area contributed by atoms with E-state index in [2.05, 4.69) is 31.4 Å². The number of nitrogens with zero attached hydrogens (tertiary/aromatic N) is 2. The number of carbonyl (C=O) groups is 1. The van der Waals surface area contributed by atoms with E-state index < -0.39 is 0 Å². The summed E-state index contributed by atoms with van der Waals surface area (Å²) in [4.78, 5) is 18.3. The molecular weight excluding hydrogens is 431 g/mol. The van der Waals surface area contributed by atoms with Gasteiger partial charge in [-0.3, -0.25) is 9.79 Å². The van der Waals surface area contributed by atoms with E-state index in [0.29, 0.717) is 24.0 Å². The Balaban J connectivity index is 0.00000225. The van der Waals surface area contributed by atoms with E-state index in [9.17, 15) is 4.79 Å². The lowest BCUT2D eigenvalue weighted by Crippen LogP contribution is -2.68. The van der Waals surface area contributed by atoms with Crippen molar-refractivity contribution < 1.29 is 9.53 Å². The van der Waals surface area contributed by atoms with Crippen molar-refractivity contribution in [3.63, 3.8) is 0 Å². The number of halogens is 1. The first kappa shape index (κ1) is 20.7. The molecule has 3 aliphatic rings. The van der Waals surface area contributed by atoms with Crippen LogP contribution in [0.15, 0.2) is 4.99 Å². The van der Waals surface area contributed by atoms with Gasteiger partial charge in [0.25, 0.3) is 0 Å². The number of aliphatic imine (C=N–C) groups is 1. The zero-order valence-corrected chi connectivity index (χ0v) is 18.0. The van der Waals surface area contributed by atoms with Crippen LogP contribution in [0, 0.1) is 11.3 Å². The Hall–Kier alpha value is -0.570. The van der Waals surface area contributed by atoms with Crippen LogP contribution in [-0.2, 0) is 9.53 Å². The maximum Gasteiger partial charge on any atom is 0.222 e. The molecule has 25 heavy (non-hydrogen) atoms. The topological polar surface area (TPSA) is 66.0 Å². The van der Waals surface area contributed by atoms with Crippen molar-refractivity contribution in [2.75, 3.05) is 32.8 Å². The molecule has 3 unspecified atom stereocenters. The van der Waals surface area contributed by atoms with Crippen LogP contribution in [0.3, 0.4) is 0 Å². The van der Waals surface area contributed by atoms with Gasteiger partial charge in [-0.2, -0.15) is 0 Å². The molecule has 3 rings (SSSR count). The molecule has 144 valence electrons. The van der Waals surface area contributed by atoms with E-state index in [-0.39, 0.29) is 29.4 Å². The summed E-state index contributed by atoms with van der Waals surface area (Å²) in [6.45, 7) is 10.9. The van der Waals surface area contributed by atoms with E-state index in [1.54, 1.807) is 0 Å². The molecule has 2 saturated heterocycles. The van der Waals surface area contributed by atoms with E-state index in [0.717, 1.165) is 64.4 Å². The monoisotopic (exact) mass is 464 g/mol. The molecule has 3 fully saturated rings. The van der Waals surface area contributed by atoms with Crippen LogP contribution in [0.5, 0.6) is 0 Å². The number of amides is 1. The highest BCUT2D eigenvalue weighted by molar-refractivity contribution is 14.0. The van der Waals surface area contributed by atoms with Crippen molar-refractivity contribution in [3.05, 3.63) is 0 Å². The third kappa shape index (κ3) is 4.40. The average Bonchev–Trinajstić information content (AvgIpc) is 3.16. The number of likely N-dealkylation sites (tertiary alicyclic amines) is 1. The van der Waals surface area contributed by atoms with Crippen molar-refractivity contribution in [2.45, 2.75) is 58.6 Å². The summed E-state index contributed by atoms with van der Waals surface area (Å²) in [5.74, 6) is 1.80. The second-order valence-corrected chi connectivity index (χ2v) is 7.79.